The number of hydrogen-bond acceptors (Lipinski definition) is 13. The molecule has 3 N–H and O–H groups in total. The fourth-order valence-electron chi connectivity index (χ4n) is 9.37. The third-order valence-electron chi connectivity index (χ3n) is 13.7. The zero-order valence-electron chi connectivity index (χ0n) is 43.3. The van der Waals surface area contributed by atoms with Gasteiger partial charge in [-0.1, -0.05) is 103 Å². The van der Waals surface area contributed by atoms with E-state index >= 15 is 0 Å². The second-order valence-corrected chi connectivity index (χ2v) is 23.1. The molecule has 0 unspecified atom stereocenters. The van der Waals surface area contributed by atoms with Gasteiger partial charge < -0.3 is 39.6 Å². The van der Waals surface area contributed by atoms with Crippen LogP contribution in [0.15, 0.2) is 131 Å². The van der Waals surface area contributed by atoms with Crippen LogP contribution in [0.1, 0.15) is 44.0 Å². The van der Waals surface area contributed by atoms with Crippen molar-refractivity contribution in [2.45, 2.75) is 65.5 Å². The summed E-state index contributed by atoms with van der Waals surface area (Å²) in [6.45, 7) is 14.0. The van der Waals surface area contributed by atoms with Crippen molar-refractivity contribution in [3.05, 3.63) is 148 Å². The number of fused-ring (bicyclic) bond motifs is 1. The molecule has 76 heavy (non-hydrogen) atoms. The van der Waals surface area contributed by atoms with Crippen molar-refractivity contribution in [2.75, 3.05) is 65.6 Å². The molecule has 4 heterocycles. The van der Waals surface area contributed by atoms with Crippen LogP contribution < -0.4 is 24.8 Å². The van der Waals surface area contributed by atoms with E-state index in [-0.39, 0.29) is 32.0 Å². The van der Waals surface area contributed by atoms with Crippen molar-refractivity contribution in [1.29, 1.82) is 0 Å². The molecule has 0 radical (unpaired) electrons. The fourth-order valence-corrected chi connectivity index (χ4v) is 11.6. The summed E-state index contributed by atoms with van der Waals surface area (Å²) in [4.78, 5) is 53.4. The molecule has 398 valence electrons. The Labute approximate surface area is 461 Å². The van der Waals surface area contributed by atoms with E-state index in [1.165, 1.54) is 4.90 Å². The number of thiazole rings is 1. The summed E-state index contributed by atoms with van der Waals surface area (Å²) in [6, 6.07) is 38.5. The molecular formula is C59H65BrN6O8S2. The van der Waals surface area contributed by atoms with E-state index in [4.69, 9.17) is 18.9 Å². The normalized spacial score (nSPS) is 16.6. The van der Waals surface area contributed by atoms with Crippen LogP contribution in [-0.4, -0.2) is 126 Å². The third-order valence-corrected chi connectivity index (χ3v) is 16.3. The van der Waals surface area contributed by atoms with Gasteiger partial charge in [0.1, 0.15) is 49.2 Å². The van der Waals surface area contributed by atoms with Crippen LogP contribution in [0.3, 0.4) is 0 Å². The summed E-state index contributed by atoms with van der Waals surface area (Å²) >= 11 is 6.83. The van der Waals surface area contributed by atoms with Crippen LogP contribution in [-0.2, 0) is 32.3 Å². The molecule has 0 bridgehead atoms. The van der Waals surface area contributed by atoms with Crippen LogP contribution in [0, 0.1) is 12.3 Å². The number of hydrogen-bond donors (Lipinski definition) is 3. The summed E-state index contributed by atoms with van der Waals surface area (Å²) in [6.07, 6.45) is -0.746. The first-order valence-electron chi connectivity index (χ1n) is 25.7. The lowest BCUT2D eigenvalue weighted by molar-refractivity contribution is -0.144. The molecule has 2 aliphatic rings. The number of aliphatic hydroxyl groups is 1. The lowest BCUT2D eigenvalue weighted by Crippen LogP contribution is -2.58. The zero-order chi connectivity index (χ0) is 53.2. The molecule has 2 saturated heterocycles. The molecule has 5 aromatic carbocycles. The number of nitrogens with zero attached hydrogens (tertiary/aromatic N) is 4. The number of rotatable bonds is 21. The molecular weight excluding hydrogens is 1060 g/mol. The number of carbonyl (C=O) groups is 3. The largest absolute Gasteiger partial charge is 0.492 e. The fraction of sp³-hybridized carbons (Fsp3) is 0.356. The Bertz CT molecular complexity index is 3050. The van der Waals surface area contributed by atoms with E-state index in [2.05, 4.69) is 77.7 Å². The summed E-state index contributed by atoms with van der Waals surface area (Å²) in [5, 5.41) is 17.5. The Kier molecular flexibility index (Phi) is 18.2. The number of aromatic nitrogens is 1. The average Bonchev–Trinajstić information content (AvgIpc) is 4.15. The Balaban J connectivity index is 0.686. The number of nitrogens with one attached hydrogen (secondary N) is 2. The van der Waals surface area contributed by atoms with Crippen molar-refractivity contribution in [1.82, 2.24) is 30.3 Å². The number of aryl methyl sites for hydroxylation is 1. The summed E-state index contributed by atoms with van der Waals surface area (Å²) < 4.78 is 26.9. The van der Waals surface area contributed by atoms with Crippen molar-refractivity contribution in [3.63, 3.8) is 0 Å². The lowest BCUT2D eigenvalue weighted by Gasteiger charge is -2.35. The molecule has 2 aliphatic heterocycles. The maximum atomic E-state index is 14.1. The van der Waals surface area contributed by atoms with E-state index in [0.29, 0.717) is 32.1 Å². The van der Waals surface area contributed by atoms with Gasteiger partial charge in [0.05, 0.1) is 33.7 Å². The van der Waals surface area contributed by atoms with Gasteiger partial charge in [-0.3, -0.25) is 24.2 Å². The molecule has 7 aromatic rings. The number of thiophene rings is 1. The van der Waals surface area contributed by atoms with Crippen LogP contribution in [0.4, 0.5) is 0 Å². The van der Waals surface area contributed by atoms with Crippen LogP contribution in [0.2, 0.25) is 0 Å². The second kappa shape index (κ2) is 25.3. The molecule has 17 heteroatoms. The standard InChI is InChI=1S/C59H65BrN6O8S2/c1-39-54(75-38-62-39)42-12-10-40(11-13-42)34-61-57(69)50-32-45(67)35-66(50)58(70)56(59(2,3)4)63-52(68)37-71-30-28-64-24-26-65(27-25-64)29-31-72-46-18-20-47(21-19-46)74-53-49-23-22-48(73-36-41-8-6-5-7-9-41)33-51(49)76-55(53)43-14-16-44(60)17-15-43/h5-23,33,38,45,50,56,67H,24-32,34-37H2,1-4H3,(H,61,69)(H,63,68)/t45-,50+,56-/m1/s1. The summed E-state index contributed by atoms with van der Waals surface area (Å²) in [5.74, 6) is 1.91. The van der Waals surface area contributed by atoms with E-state index in [9.17, 15) is 19.5 Å². The van der Waals surface area contributed by atoms with Gasteiger partial charge in [-0.15, -0.1) is 22.7 Å². The zero-order valence-corrected chi connectivity index (χ0v) is 46.6. The molecule has 14 nitrogen and oxygen atoms in total. The Morgan fingerprint density at radius 3 is 2.13 bits per heavy atom. The quantitative estimate of drug-likeness (QED) is 0.0589. The number of carbonyl (C=O) groups excluding carboxylic acids is 3. The number of amides is 3. The Morgan fingerprint density at radius 2 is 1.45 bits per heavy atom. The van der Waals surface area contributed by atoms with E-state index < -0.39 is 35.4 Å². The number of ether oxygens (including phenoxy) is 4. The molecule has 9 rings (SSSR count). The first-order chi connectivity index (χ1) is 36.7. The second-order valence-electron chi connectivity index (χ2n) is 20.3. The van der Waals surface area contributed by atoms with Gasteiger partial charge in [0.15, 0.2) is 5.75 Å². The monoisotopic (exact) mass is 1130 g/mol. The van der Waals surface area contributed by atoms with Gasteiger partial charge in [0, 0.05) is 73.3 Å². The van der Waals surface area contributed by atoms with Gasteiger partial charge in [0.25, 0.3) is 0 Å². The van der Waals surface area contributed by atoms with Crippen LogP contribution in [0.25, 0.3) is 31.0 Å². The van der Waals surface area contributed by atoms with Gasteiger partial charge >= 0.3 is 0 Å². The predicted octanol–water partition coefficient (Wildman–Crippen LogP) is 9.96. The van der Waals surface area contributed by atoms with E-state index in [1.807, 2.05) is 118 Å². The first kappa shape index (κ1) is 54.6. The molecule has 3 amide bonds. The maximum absolute atomic E-state index is 14.1. The van der Waals surface area contributed by atoms with Gasteiger partial charge in [-0.2, -0.15) is 0 Å². The minimum atomic E-state index is -0.936. The average molecular weight is 1130 g/mol. The smallest absolute Gasteiger partial charge is 0.246 e. The SMILES string of the molecule is Cc1ncsc1-c1ccc(CNC(=O)[C@@H]2C[C@@H](O)CN2C(=O)[C@@H](NC(=O)COCCN2CCN(CCOc3ccc(Oc4c(-c5ccc(Br)cc5)sc5cc(OCc6ccccc6)ccc45)cc3)CC2)C(C)(C)C)cc1. The highest BCUT2D eigenvalue weighted by molar-refractivity contribution is 9.10. The summed E-state index contributed by atoms with van der Waals surface area (Å²) in [7, 11) is 0. The van der Waals surface area contributed by atoms with Gasteiger partial charge in [-0.05, 0) is 89.2 Å². The highest BCUT2D eigenvalue weighted by Crippen LogP contribution is 2.47. The van der Waals surface area contributed by atoms with Crippen LogP contribution in [0.5, 0.6) is 23.0 Å². The molecule has 0 aliphatic carbocycles. The molecule has 2 fully saturated rings. The van der Waals surface area contributed by atoms with Crippen LogP contribution >= 0.6 is 38.6 Å². The lowest BCUT2D eigenvalue weighted by atomic mass is 9.85. The van der Waals surface area contributed by atoms with Gasteiger partial charge in [0.2, 0.25) is 17.7 Å². The number of β-amino-alcohol motifs (C(OH)–C–C–N with tert-alkyl or cyclic N) is 1. The molecule has 0 saturated carbocycles. The number of aliphatic hydroxyl groups excluding tert-OH is 1. The van der Waals surface area contributed by atoms with Crippen molar-refractivity contribution >= 4 is 66.4 Å². The number of benzene rings is 5. The maximum Gasteiger partial charge on any atom is 0.246 e. The van der Waals surface area contributed by atoms with Crippen molar-refractivity contribution < 1.29 is 38.4 Å². The van der Waals surface area contributed by atoms with Gasteiger partial charge in [-0.25, -0.2) is 4.98 Å². The predicted molar refractivity (Wildman–Crippen MR) is 303 cm³/mol. The first-order valence-corrected chi connectivity index (χ1v) is 28.2. The molecule has 2 aromatic heterocycles. The van der Waals surface area contributed by atoms with Crippen molar-refractivity contribution in [3.8, 4) is 43.9 Å². The minimum absolute atomic E-state index is 0.00232. The highest BCUT2D eigenvalue weighted by Gasteiger charge is 2.44. The number of halogens is 1. The topological polar surface area (TPSA) is 155 Å². The van der Waals surface area contributed by atoms with E-state index in [1.54, 1.807) is 22.7 Å². The molecule has 0 spiro atoms. The molecule has 3 atom stereocenters. The van der Waals surface area contributed by atoms with E-state index in [0.717, 1.165) is 102 Å². The third kappa shape index (κ3) is 14.2. The highest BCUT2D eigenvalue weighted by atomic mass is 79.9. The minimum Gasteiger partial charge on any atom is -0.492 e. The number of likely N-dealkylation sites (tertiary alicyclic amines) is 1. The Morgan fingerprint density at radius 1 is 0.789 bits per heavy atom. The Hall–Kier alpha value is -6.18. The number of piperazine rings is 1. The van der Waals surface area contributed by atoms with Crippen molar-refractivity contribution in [2.24, 2.45) is 5.41 Å². The summed E-state index contributed by atoms with van der Waals surface area (Å²) in [5.41, 5.74) is 6.26.